The number of hydrogen-bond donors (Lipinski definition) is 1. The zero-order chi connectivity index (χ0) is 20.0. The monoisotopic (exact) mass is 396 g/mol. The quantitative estimate of drug-likeness (QED) is 0.764. The van der Waals surface area contributed by atoms with Gasteiger partial charge in [-0.2, -0.15) is 11.8 Å². The van der Waals surface area contributed by atoms with E-state index in [9.17, 15) is 9.59 Å². The molecule has 1 N–H and O–H groups in total. The van der Waals surface area contributed by atoms with E-state index in [0.717, 1.165) is 0 Å². The van der Waals surface area contributed by atoms with E-state index in [2.05, 4.69) is 5.32 Å². The van der Waals surface area contributed by atoms with Crippen molar-refractivity contribution in [1.29, 1.82) is 0 Å². The first kappa shape index (κ1) is 21.4. The van der Waals surface area contributed by atoms with Crippen molar-refractivity contribution in [2.75, 3.05) is 44.6 Å². The number of amides is 2. The maximum atomic E-state index is 13.0. The fraction of sp³-hybridized carbons (Fsp3) is 0.579. The molecule has 0 bridgehead atoms. The summed E-state index contributed by atoms with van der Waals surface area (Å²) in [4.78, 5) is 27.0. The summed E-state index contributed by atoms with van der Waals surface area (Å²) in [5.74, 6) is 1.25. The molecule has 1 aromatic carbocycles. The molecule has 1 aromatic rings. The lowest BCUT2D eigenvalue weighted by Crippen LogP contribution is -2.48. The molecule has 0 radical (unpaired) electrons. The van der Waals surface area contributed by atoms with E-state index in [1.807, 2.05) is 20.1 Å². The van der Waals surface area contributed by atoms with Crippen molar-refractivity contribution in [1.82, 2.24) is 4.90 Å². The zero-order valence-electron chi connectivity index (χ0n) is 16.5. The predicted octanol–water partition coefficient (Wildman–Crippen LogP) is 2.64. The molecule has 2 rings (SSSR count). The number of rotatable bonds is 7. The molecule has 27 heavy (non-hydrogen) atoms. The fourth-order valence-electron chi connectivity index (χ4n) is 3.11. The molecule has 0 saturated carbocycles. The van der Waals surface area contributed by atoms with Gasteiger partial charge in [0.05, 0.1) is 32.1 Å². The van der Waals surface area contributed by atoms with Crippen LogP contribution in [0.25, 0.3) is 0 Å². The third kappa shape index (κ3) is 5.52. The first-order chi connectivity index (χ1) is 12.9. The number of benzene rings is 1. The van der Waals surface area contributed by atoms with Crippen LogP contribution in [0.5, 0.6) is 11.5 Å². The molecular weight excluding hydrogens is 368 g/mol. The maximum absolute atomic E-state index is 13.0. The van der Waals surface area contributed by atoms with Crippen LogP contribution in [0.1, 0.15) is 30.6 Å². The van der Waals surface area contributed by atoms with Gasteiger partial charge in [-0.1, -0.05) is 0 Å². The van der Waals surface area contributed by atoms with Crippen molar-refractivity contribution in [2.24, 2.45) is 0 Å². The zero-order valence-corrected chi connectivity index (χ0v) is 17.4. The van der Waals surface area contributed by atoms with Gasteiger partial charge in [-0.05, 0) is 32.2 Å². The van der Waals surface area contributed by atoms with E-state index in [0.29, 0.717) is 48.0 Å². The van der Waals surface area contributed by atoms with Crippen LogP contribution in [0.15, 0.2) is 12.1 Å². The topological polar surface area (TPSA) is 77.1 Å². The molecule has 1 aliphatic rings. The van der Waals surface area contributed by atoms with Crippen molar-refractivity contribution < 1.29 is 23.8 Å². The van der Waals surface area contributed by atoms with E-state index >= 15 is 0 Å². The molecule has 1 saturated heterocycles. The average Bonchev–Trinajstić information content (AvgIpc) is 2.64. The standard InChI is InChI=1S/C19H28N2O5S/c1-12-10-21(11-13(2)26-12)19(23)14-8-15(20-17(22)6-7-27-5)18(25-4)16(9-14)24-3/h8-9,12-13H,6-7,10-11H2,1-5H3,(H,20,22)/t12-,13+. The molecule has 0 aliphatic carbocycles. The summed E-state index contributed by atoms with van der Waals surface area (Å²) in [6.07, 6.45) is 2.27. The van der Waals surface area contributed by atoms with E-state index in [1.54, 1.807) is 28.8 Å². The van der Waals surface area contributed by atoms with Crippen LogP contribution in [0, 0.1) is 0 Å². The number of nitrogens with zero attached hydrogens (tertiary/aromatic N) is 1. The Kier molecular flexibility index (Phi) is 7.79. The molecule has 0 aromatic heterocycles. The Hall–Kier alpha value is -1.93. The number of carbonyl (C=O) groups is 2. The Morgan fingerprint density at radius 2 is 1.89 bits per heavy atom. The van der Waals surface area contributed by atoms with Crippen LogP contribution < -0.4 is 14.8 Å². The van der Waals surface area contributed by atoms with Gasteiger partial charge in [0.25, 0.3) is 5.91 Å². The Bertz CT molecular complexity index is 672. The lowest BCUT2D eigenvalue weighted by atomic mass is 10.1. The normalized spacial score (nSPS) is 19.5. The largest absolute Gasteiger partial charge is 0.493 e. The second-order valence-corrected chi connectivity index (χ2v) is 7.50. The Morgan fingerprint density at radius 3 is 2.44 bits per heavy atom. The number of hydrogen-bond acceptors (Lipinski definition) is 6. The van der Waals surface area contributed by atoms with Crippen molar-refractivity contribution >= 4 is 29.3 Å². The summed E-state index contributed by atoms with van der Waals surface area (Å²) < 4.78 is 16.5. The number of ether oxygens (including phenoxy) is 3. The summed E-state index contributed by atoms with van der Waals surface area (Å²) in [5, 5.41) is 2.83. The molecule has 8 heteroatoms. The van der Waals surface area contributed by atoms with Crippen molar-refractivity contribution in [3.05, 3.63) is 17.7 Å². The second kappa shape index (κ2) is 9.85. The van der Waals surface area contributed by atoms with E-state index in [1.165, 1.54) is 14.2 Å². The summed E-state index contributed by atoms with van der Waals surface area (Å²) in [7, 11) is 3.01. The molecule has 1 fully saturated rings. The Labute approximate surface area is 164 Å². The van der Waals surface area contributed by atoms with Crippen molar-refractivity contribution in [3.8, 4) is 11.5 Å². The molecule has 0 unspecified atom stereocenters. The molecule has 150 valence electrons. The molecule has 2 atom stereocenters. The highest BCUT2D eigenvalue weighted by Crippen LogP contribution is 2.37. The van der Waals surface area contributed by atoms with Crippen LogP contribution in [0.4, 0.5) is 5.69 Å². The van der Waals surface area contributed by atoms with Gasteiger partial charge in [0.2, 0.25) is 5.91 Å². The van der Waals surface area contributed by atoms with Gasteiger partial charge >= 0.3 is 0 Å². The maximum Gasteiger partial charge on any atom is 0.254 e. The SMILES string of the molecule is COc1cc(C(=O)N2C[C@@H](C)O[C@@H](C)C2)cc(NC(=O)CCSC)c1OC. The van der Waals surface area contributed by atoms with E-state index < -0.39 is 0 Å². The average molecular weight is 397 g/mol. The number of thioether (sulfide) groups is 1. The lowest BCUT2D eigenvalue weighted by Gasteiger charge is -2.35. The third-order valence-corrected chi connectivity index (χ3v) is 4.85. The third-order valence-electron chi connectivity index (χ3n) is 4.24. The molecule has 1 heterocycles. The van der Waals surface area contributed by atoms with Crippen LogP contribution in [-0.4, -0.2) is 68.2 Å². The van der Waals surface area contributed by atoms with Crippen LogP contribution in [-0.2, 0) is 9.53 Å². The number of anilines is 1. The number of carbonyl (C=O) groups excluding carboxylic acids is 2. The molecule has 7 nitrogen and oxygen atoms in total. The number of morpholine rings is 1. The van der Waals surface area contributed by atoms with E-state index in [4.69, 9.17) is 14.2 Å². The minimum Gasteiger partial charge on any atom is -0.493 e. The molecule has 2 amide bonds. The fourth-order valence-corrected chi connectivity index (χ4v) is 3.50. The van der Waals surface area contributed by atoms with Gasteiger partial charge in [0.15, 0.2) is 11.5 Å². The Balaban J connectivity index is 2.31. The first-order valence-corrected chi connectivity index (χ1v) is 10.3. The summed E-state index contributed by atoms with van der Waals surface area (Å²) in [5.41, 5.74) is 0.870. The molecule has 0 spiro atoms. The highest BCUT2D eigenvalue weighted by Gasteiger charge is 2.28. The summed E-state index contributed by atoms with van der Waals surface area (Å²) in [6.45, 7) is 4.93. The summed E-state index contributed by atoms with van der Waals surface area (Å²) >= 11 is 1.60. The Morgan fingerprint density at radius 1 is 1.22 bits per heavy atom. The van der Waals surface area contributed by atoms with Crippen LogP contribution in [0.3, 0.4) is 0 Å². The van der Waals surface area contributed by atoms with Gasteiger partial charge in [0, 0.05) is 30.8 Å². The minimum absolute atomic E-state index is 0.0245. The van der Waals surface area contributed by atoms with Crippen molar-refractivity contribution in [2.45, 2.75) is 32.5 Å². The van der Waals surface area contributed by atoms with Gasteiger partial charge in [-0.15, -0.1) is 0 Å². The lowest BCUT2D eigenvalue weighted by molar-refractivity contribution is -0.115. The minimum atomic E-state index is -0.136. The number of methoxy groups -OCH3 is 2. The molecular formula is C19H28N2O5S. The molecule has 1 aliphatic heterocycles. The van der Waals surface area contributed by atoms with Gasteiger partial charge in [0.1, 0.15) is 0 Å². The first-order valence-electron chi connectivity index (χ1n) is 8.89. The van der Waals surface area contributed by atoms with Crippen molar-refractivity contribution in [3.63, 3.8) is 0 Å². The van der Waals surface area contributed by atoms with Crippen LogP contribution >= 0.6 is 11.8 Å². The summed E-state index contributed by atoms with van der Waals surface area (Å²) in [6, 6.07) is 3.29. The van der Waals surface area contributed by atoms with Gasteiger partial charge in [-0.25, -0.2) is 0 Å². The van der Waals surface area contributed by atoms with Gasteiger partial charge < -0.3 is 24.4 Å². The van der Waals surface area contributed by atoms with Crippen LogP contribution in [0.2, 0.25) is 0 Å². The number of nitrogens with one attached hydrogen (secondary N) is 1. The smallest absolute Gasteiger partial charge is 0.254 e. The highest BCUT2D eigenvalue weighted by atomic mass is 32.2. The second-order valence-electron chi connectivity index (χ2n) is 6.52. The predicted molar refractivity (Wildman–Crippen MR) is 107 cm³/mol. The highest BCUT2D eigenvalue weighted by molar-refractivity contribution is 7.98. The van der Waals surface area contributed by atoms with E-state index in [-0.39, 0.29) is 24.0 Å². The van der Waals surface area contributed by atoms with Gasteiger partial charge in [-0.3, -0.25) is 9.59 Å².